The summed E-state index contributed by atoms with van der Waals surface area (Å²) in [5.74, 6) is -1.70. The highest BCUT2D eigenvalue weighted by molar-refractivity contribution is 5.99. The number of carboxylic acid groups (broad SMARTS) is 1. The Bertz CT molecular complexity index is 861. The van der Waals surface area contributed by atoms with Crippen molar-refractivity contribution in [2.24, 2.45) is 5.92 Å². The van der Waals surface area contributed by atoms with Crippen LogP contribution in [0.5, 0.6) is 0 Å². The number of benzene rings is 2. The molecule has 0 bridgehead atoms. The Morgan fingerprint density at radius 2 is 1.53 bits per heavy atom. The second-order valence-corrected chi connectivity index (χ2v) is 7.52. The lowest BCUT2D eigenvalue weighted by atomic mass is 10.0. The number of nitriles is 1. The monoisotopic (exact) mass is 405 g/mol. The SMILES string of the molecule is CC(C)CC(NC(=O)/C(C#N)=C\N(Cc1ccccc1)Cc1ccccc1)C(=O)O. The molecule has 0 aromatic heterocycles. The molecule has 2 N–H and O–H groups in total. The number of nitrogens with one attached hydrogen (secondary N) is 1. The summed E-state index contributed by atoms with van der Waals surface area (Å²) in [5.41, 5.74) is 1.94. The Balaban J connectivity index is 2.24. The highest BCUT2D eigenvalue weighted by atomic mass is 16.4. The molecule has 0 saturated carbocycles. The zero-order valence-electron chi connectivity index (χ0n) is 17.3. The number of carbonyl (C=O) groups is 2. The standard InChI is InChI=1S/C24H27N3O3/c1-18(2)13-22(24(29)30)26-23(28)21(14-25)17-27(15-19-9-5-3-6-10-19)16-20-11-7-4-8-12-20/h3-12,17-18,22H,13,15-16H2,1-2H3,(H,26,28)(H,29,30)/b21-17-. The van der Waals surface area contributed by atoms with Gasteiger partial charge in [-0.1, -0.05) is 74.5 Å². The van der Waals surface area contributed by atoms with Crippen molar-refractivity contribution in [2.75, 3.05) is 0 Å². The number of carboxylic acids is 1. The molecular weight excluding hydrogens is 378 g/mol. The van der Waals surface area contributed by atoms with Crippen LogP contribution >= 0.6 is 0 Å². The van der Waals surface area contributed by atoms with Crippen molar-refractivity contribution < 1.29 is 14.7 Å². The van der Waals surface area contributed by atoms with E-state index in [2.05, 4.69) is 5.32 Å². The number of nitrogens with zero attached hydrogens (tertiary/aromatic N) is 2. The van der Waals surface area contributed by atoms with Crippen LogP contribution in [0, 0.1) is 17.2 Å². The van der Waals surface area contributed by atoms with Crippen molar-refractivity contribution in [3.63, 3.8) is 0 Å². The summed E-state index contributed by atoms with van der Waals surface area (Å²) in [5, 5.41) is 21.4. The second kappa shape index (κ2) is 11.4. The van der Waals surface area contributed by atoms with Gasteiger partial charge in [-0.25, -0.2) is 4.79 Å². The molecule has 1 unspecified atom stereocenters. The molecule has 0 aliphatic heterocycles. The Morgan fingerprint density at radius 3 is 1.93 bits per heavy atom. The first-order chi connectivity index (χ1) is 14.4. The third-order valence-electron chi connectivity index (χ3n) is 4.44. The predicted octanol–water partition coefficient (Wildman–Crippen LogP) is 3.71. The van der Waals surface area contributed by atoms with E-state index in [1.807, 2.05) is 85.5 Å². The molecule has 0 aliphatic rings. The molecule has 2 aromatic carbocycles. The highest BCUT2D eigenvalue weighted by Gasteiger charge is 2.23. The fourth-order valence-electron chi connectivity index (χ4n) is 3.03. The van der Waals surface area contributed by atoms with E-state index in [0.717, 1.165) is 11.1 Å². The quantitative estimate of drug-likeness (QED) is 0.464. The summed E-state index contributed by atoms with van der Waals surface area (Å²) in [6, 6.07) is 20.4. The molecular formula is C24H27N3O3. The van der Waals surface area contributed by atoms with Gasteiger partial charge in [0, 0.05) is 19.3 Å². The van der Waals surface area contributed by atoms with Crippen molar-refractivity contribution in [3.05, 3.63) is 83.6 Å². The largest absolute Gasteiger partial charge is 0.480 e. The molecule has 0 radical (unpaired) electrons. The van der Waals surface area contributed by atoms with E-state index in [9.17, 15) is 20.0 Å². The van der Waals surface area contributed by atoms with Crippen LogP contribution in [0.25, 0.3) is 0 Å². The maximum absolute atomic E-state index is 12.6. The maximum Gasteiger partial charge on any atom is 0.326 e. The summed E-state index contributed by atoms with van der Waals surface area (Å²) in [6.45, 7) is 4.76. The van der Waals surface area contributed by atoms with Crippen LogP contribution in [0.2, 0.25) is 0 Å². The summed E-state index contributed by atoms with van der Waals surface area (Å²) in [4.78, 5) is 26.0. The molecule has 0 heterocycles. The first-order valence-corrected chi connectivity index (χ1v) is 9.86. The van der Waals surface area contributed by atoms with E-state index in [4.69, 9.17) is 0 Å². The Labute approximate surface area is 177 Å². The first-order valence-electron chi connectivity index (χ1n) is 9.86. The molecule has 0 aliphatic carbocycles. The maximum atomic E-state index is 12.6. The number of rotatable bonds is 10. The van der Waals surface area contributed by atoms with Crippen LogP contribution in [-0.2, 0) is 22.7 Å². The molecule has 2 aromatic rings. The van der Waals surface area contributed by atoms with Gasteiger partial charge in [-0.2, -0.15) is 5.26 Å². The molecule has 1 atom stereocenters. The van der Waals surface area contributed by atoms with Gasteiger partial charge in [0.25, 0.3) is 5.91 Å². The number of aliphatic carboxylic acids is 1. The van der Waals surface area contributed by atoms with E-state index in [-0.39, 0.29) is 17.9 Å². The zero-order chi connectivity index (χ0) is 21.9. The molecule has 1 amide bonds. The predicted molar refractivity (Wildman–Crippen MR) is 115 cm³/mol. The van der Waals surface area contributed by atoms with Crippen LogP contribution in [0.15, 0.2) is 72.4 Å². The molecule has 156 valence electrons. The highest BCUT2D eigenvalue weighted by Crippen LogP contribution is 2.13. The lowest BCUT2D eigenvalue weighted by Crippen LogP contribution is -2.42. The minimum absolute atomic E-state index is 0.0913. The van der Waals surface area contributed by atoms with Crippen molar-refractivity contribution in [3.8, 4) is 6.07 Å². The Morgan fingerprint density at radius 1 is 1.03 bits per heavy atom. The average Bonchev–Trinajstić information content (AvgIpc) is 2.72. The topological polar surface area (TPSA) is 93.4 Å². The zero-order valence-corrected chi connectivity index (χ0v) is 17.3. The third-order valence-corrected chi connectivity index (χ3v) is 4.44. The van der Waals surface area contributed by atoms with E-state index < -0.39 is 17.9 Å². The summed E-state index contributed by atoms with van der Waals surface area (Å²) < 4.78 is 0. The van der Waals surface area contributed by atoms with Gasteiger partial charge in [-0.05, 0) is 23.5 Å². The van der Waals surface area contributed by atoms with Gasteiger partial charge in [0.05, 0.1) is 0 Å². The van der Waals surface area contributed by atoms with Crippen LogP contribution < -0.4 is 5.32 Å². The van der Waals surface area contributed by atoms with Gasteiger partial charge in [-0.15, -0.1) is 0 Å². The van der Waals surface area contributed by atoms with Gasteiger partial charge in [0.15, 0.2) is 0 Å². The first kappa shape index (κ1) is 22.7. The molecule has 2 rings (SSSR count). The summed E-state index contributed by atoms with van der Waals surface area (Å²) >= 11 is 0. The van der Waals surface area contributed by atoms with Crippen LogP contribution in [0.1, 0.15) is 31.4 Å². The molecule has 0 spiro atoms. The van der Waals surface area contributed by atoms with E-state index in [0.29, 0.717) is 13.1 Å². The van der Waals surface area contributed by atoms with Gasteiger partial charge in [0.1, 0.15) is 17.7 Å². The smallest absolute Gasteiger partial charge is 0.326 e. The Hall–Kier alpha value is -3.59. The van der Waals surface area contributed by atoms with Crippen molar-refractivity contribution in [1.29, 1.82) is 5.26 Å². The van der Waals surface area contributed by atoms with Crippen molar-refractivity contribution in [1.82, 2.24) is 10.2 Å². The lowest BCUT2D eigenvalue weighted by Gasteiger charge is -2.22. The van der Waals surface area contributed by atoms with Crippen molar-refractivity contribution >= 4 is 11.9 Å². The summed E-state index contributed by atoms with van der Waals surface area (Å²) in [7, 11) is 0. The van der Waals surface area contributed by atoms with Gasteiger partial charge in [0.2, 0.25) is 0 Å². The molecule has 6 nitrogen and oxygen atoms in total. The van der Waals surface area contributed by atoms with Gasteiger partial charge < -0.3 is 15.3 Å². The molecule has 30 heavy (non-hydrogen) atoms. The molecule has 0 saturated heterocycles. The fraction of sp³-hybridized carbons (Fsp3) is 0.292. The van der Waals surface area contributed by atoms with Gasteiger partial charge in [-0.3, -0.25) is 4.79 Å². The minimum Gasteiger partial charge on any atom is -0.480 e. The number of carbonyl (C=O) groups excluding carboxylic acids is 1. The lowest BCUT2D eigenvalue weighted by molar-refractivity contribution is -0.141. The van der Waals surface area contributed by atoms with Gasteiger partial charge >= 0.3 is 5.97 Å². The van der Waals surface area contributed by atoms with Crippen LogP contribution in [0.4, 0.5) is 0 Å². The fourth-order valence-corrected chi connectivity index (χ4v) is 3.03. The second-order valence-electron chi connectivity index (χ2n) is 7.52. The van der Waals surface area contributed by atoms with Crippen molar-refractivity contribution in [2.45, 2.75) is 39.4 Å². The van der Waals surface area contributed by atoms with Crippen LogP contribution in [-0.4, -0.2) is 27.9 Å². The molecule has 6 heteroatoms. The van der Waals surface area contributed by atoms with E-state index >= 15 is 0 Å². The summed E-state index contributed by atoms with van der Waals surface area (Å²) in [6.07, 6.45) is 1.79. The molecule has 0 fully saturated rings. The average molecular weight is 405 g/mol. The minimum atomic E-state index is -1.11. The number of hydrogen-bond acceptors (Lipinski definition) is 4. The Kier molecular flexibility index (Phi) is 8.64. The third kappa shape index (κ3) is 7.44. The van der Waals surface area contributed by atoms with Crippen LogP contribution in [0.3, 0.4) is 0 Å². The number of hydrogen-bond donors (Lipinski definition) is 2. The number of amides is 1. The van der Waals surface area contributed by atoms with E-state index in [1.54, 1.807) is 0 Å². The normalized spacial score (nSPS) is 12.1. The van der Waals surface area contributed by atoms with E-state index in [1.165, 1.54) is 6.20 Å².